The van der Waals surface area contributed by atoms with Gasteiger partial charge < -0.3 is 15.5 Å². The van der Waals surface area contributed by atoms with Gasteiger partial charge in [-0.05, 0) is 37.3 Å². The number of amides is 1. The average Bonchev–Trinajstić information content (AvgIpc) is 3.11. The van der Waals surface area contributed by atoms with E-state index in [1.165, 1.54) is 4.90 Å². The van der Waals surface area contributed by atoms with Crippen LogP contribution in [-0.2, 0) is 11.2 Å². The molecule has 2 heterocycles. The standard InChI is InChI=1S/C19H24F3N5O.2C2H6/c1-11-4-2-3-5-12(11)8-13(23)9-16(28)27-14-6-7-15(27)17(24)26(10-14)18(25)19(20,21)22;2*1-2/h2-5,13-15,24-25H,6-10,23H2,1H3;2*1-2H3/t13?,14?,15-;;/m0../s1. The van der Waals surface area contributed by atoms with Gasteiger partial charge in [0.2, 0.25) is 11.7 Å². The third kappa shape index (κ3) is 6.31. The minimum absolute atomic E-state index is 0.0747. The summed E-state index contributed by atoms with van der Waals surface area (Å²) in [5.41, 5.74) is 8.31. The van der Waals surface area contributed by atoms with Crippen LogP contribution < -0.4 is 5.73 Å². The summed E-state index contributed by atoms with van der Waals surface area (Å²) in [6, 6.07) is 6.21. The maximum absolute atomic E-state index is 12.9. The van der Waals surface area contributed by atoms with E-state index >= 15 is 0 Å². The van der Waals surface area contributed by atoms with Gasteiger partial charge in [-0.15, -0.1) is 0 Å². The number of aryl methyl sites for hydroxylation is 1. The quantitative estimate of drug-likeness (QED) is 0.461. The number of alkyl halides is 3. The van der Waals surface area contributed by atoms with Crippen LogP contribution in [0.2, 0.25) is 0 Å². The van der Waals surface area contributed by atoms with E-state index in [-0.39, 0.29) is 24.7 Å². The molecule has 0 saturated carbocycles. The van der Waals surface area contributed by atoms with Gasteiger partial charge in [-0.25, -0.2) is 0 Å². The van der Waals surface area contributed by atoms with Gasteiger partial charge in [0.05, 0.1) is 12.1 Å². The molecule has 0 aliphatic carbocycles. The van der Waals surface area contributed by atoms with Crippen LogP contribution >= 0.6 is 0 Å². The first-order valence-corrected chi connectivity index (χ1v) is 11.2. The number of nitrogens with one attached hydrogen (secondary N) is 2. The van der Waals surface area contributed by atoms with Crippen LogP contribution in [0.5, 0.6) is 0 Å². The summed E-state index contributed by atoms with van der Waals surface area (Å²) in [5.74, 6) is -2.12. The van der Waals surface area contributed by atoms with Gasteiger partial charge in [0, 0.05) is 19.0 Å². The number of nitrogens with zero attached hydrogens (tertiary/aromatic N) is 2. The molecular weight excluding hydrogens is 419 g/mol. The Labute approximate surface area is 189 Å². The smallest absolute Gasteiger partial charge is 0.328 e. The van der Waals surface area contributed by atoms with Crippen molar-refractivity contribution in [3.63, 3.8) is 0 Å². The van der Waals surface area contributed by atoms with E-state index in [0.717, 1.165) is 11.1 Å². The van der Waals surface area contributed by atoms with Crippen molar-refractivity contribution >= 4 is 17.6 Å². The van der Waals surface area contributed by atoms with Crippen molar-refractivity contribution in [2.75, 3.05) is 6.54 Å². The first kappa shape index (κ1) is 27.6. The minimum atomic E-state index is -4.81. The van der Waals surface area contributed by atoms with Crippen molar-refractivity contribution in [2.24, 2.45) is 5.73 Å². The van der Waals surface area contributed by atoms with Crippen molar-refractivity contribution in [3.05, 3.63) is 35.4 Å². The lowest BCUT2D eigenvalue weighted by atomic mass is 9.99. The van der Waals surface area contributed by atoms with Crippen LogP contribution in [0.15, 0.2) is 24.3 Å². The first-order chi connectivity index (χ1) is 15.1. The average molecular weight is 456 g/mol. The van der Waals surface area contributed by atoms with Crippen LogP contribution in [0.25, 0.3) is 0 Å². The third-order valence-corrected chi connectivity index (χ3v) is 5.51. The minimum Gasteiger partial charge on any atom is -0.328 e. The number of nitrogens with two attached hydrogens (primary N) is 1. The third-order valence-electron chi connectivity index (χ3n) is 5.51. The molecular formula is C23H36F3N5O. The molecule has 6 nitrogen and oxygen atoms in total. The van der Waals surface area contributed by atoms with Crippen molar-refractivity contribution in [1.29, 1.82) is 10.8 Å². The van der Waals surface area contributed by atoms with Crippen LogP contribution in [0.1, 0.15) is 58.1 Å². The lowest BCUT2D eigenvalue weighted by Gasteiger charge is -2.42. The Hall–Kier alpha value is -2.42. The number of amidine groups is 2. The van der Waals surface area contributed by atoms with Crippen molar-refractivity contribution < 1.29 is 18.0 Å². The number of carbonyl (C=O) groups is 1. The molecule has 9 heteroatoms. The molecule has 2 aliphatic heterocycles. The van der Waals surface area contributed by atoms with Crippen LogP contribution in [0.4, 0.5) is 13.2 Å². The summed E-state index contributed by atoms with van der Waals surface area (Å²) in [6.45, 7) is 9.80. The fourth-order valence-electron chi connectivity index (χ4n) is 4.09. The van der Waals surface area contributed by atoms with Crippen LogP contribution in [0, 0.1) is 17.7 Å². The molecule has 1 aromatic carbocycles. The molecule has 32 heavy (non-hydrogen) atoms. The second-order valence-corrected chi connectivity index (χ2v) is 7.49. The molecule has 0 aromatic heterocycles. The molecule has 1 amide bonds. The number of piperazine rings is 1. The lowest BCUT2D eigenvalue weighted by molar-refractivity contribution is -0.134. The molecule has 2 saturated heterocycles. The molecule has 0 spiro atoms. The highest BCUT2D eigenvalue weighted by Crippen LogP contribution is 2.34. The van der Waals surface area contributed by atoms with Crippen molar-refractivity contribution in [3.8, 4) is 0 Å². The Bertz CT molecular complexity index is 796. The predicted molar refractivity (Wildman–Crippen MR) is 122 cm³/mol. The highest BCUT2D eigenvalue weighted by molar-refractivity contribution is 6.05. The molecule has 2 unspecified atom stereocenters. The molecule has 2 aliphatic rings. The van der Waals surface area contributed by atoms with Gasteiger partial charge in [-0.3, -0.25) is 15.6 Å². The Balaban J connectivity index is 0.00000121. The van der Waals surface area contributed by atoms with Crippen molar-refractivity contribution in [1.82, 2.24) is 9.80 Å². The molecule has 3 rings (SSSR count). The lowest BCUT2D eigenvalue weighted by Crippen LogP contribution is -2.62. The summed E-state index contributed by atoms with van der Waals surface area (Å²) in [7, 11) is 0. The van der Waals surface area contributed by atoms with E-state index in [1.54, 1.807) is 0 Å². The zero-order valence-electron chi connectivity index (χ0n) is 19.6. The van der Waals surface area contributed by atoms with E-state index in [9.17, 15) is 18.0 Å². The Kier molecular flexibility index (Phi) is 10.3. The summed E-state index contributed by atoms with van der Waals surface area (Å²) >= 11 is 0. The van der Waals surface area contributed by atoms with Gasteiger partial charge in [0.15, 0.2) is 0 Å². The zero-order valence-corrected chi connectivity index (χ0v) is 19.6. The number of halogens is 3. The van der Waals surface area contributed by atoms with Gasteiger partial charge in [0.25, 0.3) is 0 Å². The number of rotatable bonds is 4. The predicted octanol–water partition coefficient (Wildman–Crippen LogP) is 4.50. The Morgan fingerprint density at radius 3 is 2.34 bits per heavy atom. The van der Waals surface area contributed by atoms with Crippen molar-refractivity contribution in [2.45, 2.75) is 84.6 Å². The monoisotopic (exact) mass is 455 g/mol. The maximum atomic E-state index is 12.9. The van der Waals surface area contributed by atoms with Gasteiger partial charge >= 0.3 is 6.18 Å². The Morgan fingerprint density at radius 2 is 1.78 bits per heavy atom. The highest BCUT2D eigenvalue weighted by atomic mass is 19.4. The molecule has 2 bridgehead atoms. The fourth-order valence-corrected chi connectivity index (χ4v) is 4.09. The molecule has 180 valence electrons. The van der Waals surface area contributed by atoms with Crippen LogP contribution in [-0.4, -0.2) is 58.2 Å². The molecule has 3 atom stereocenters. The number of likely N-dealkylation sites (tertiary alicyclic amines) is 1. The summed E-state index contributed by atoms with van der Waals surface area (Å²) in [4.78, 5) is 15.0. The van der Waals surface area contributed by atoms with Crippen LogP contribution in [0.3, 0.4) is 0 Å². The molecule has 1 aromatic rings. The highest BCUT2D eigenvalue weighted by Gasteiger charge is 2.50. The maximum Gasteiger partial charge on any atom is 0.449 e. The first-order valence-electron chi connectivity index (χ1n) is 11.2. The second kappa shape index (κ2) is 12.0. The van der Waals surface area contributed by atoms with Gasteiger partial charge in [-0.2, -0.15) is 13.2 Å². The van der Waals surface area contributed by atoms with E-state index in [2.05, 4.69) is 0 Å². The SMILES string of the molecule is CC.CC.Cc1ccccc1CC(N)CC(=O)N1C2CC[C@H]1C(=N)N(C(=N)C(F)(F)F)C2. The van der Waals surface area contributed by atoms with E-state index in [0.29, 0.717) is 24.2 Å². The largest absolute Gasteiger partial charge is 0.449 e. The van der Waals surface area contributed by atoms with E-state index in [1.807, 2.05) is 58.9 Å². The summed E-state index contributed by atoms with van der Waals surface area (Å²) in [5, 5.41) is 15.5. The normalized spacial score (nSPS) is 20.6. The van der Waals surface area contributed by atoms with Gasteiger partial charge in [0.1, 0.15) is 5.84 Å². The molecule has 0 radical (unpaired) electrons. The second-order valence-electron chi connectivity index (χ2n) is 7.49. The summed E-state index contributed by atoms with van der Waals surface area (Å²) in [6.07, 6.45) is -3.25. The summed E-state index contributed by atoms with van der Waals surface area (Å²) < 4.78 is 38.7. The number of hydrogen-bond donors (Lipinski definition) is 3. The number of hydrogen-bond acceptors (Lipinski definition) is 4. The topological polar surface area (TPSA) is 97.3 Å². The Morgan fingerprint density at radius 1 is 1.19 bits per heavy atom. The number of fused-ring (bicyclic) bond motifs is 2. The number of carbonyl (C=O) groups excluding carboxylic acids is 1. The zero-order chi connectivity index (χ0) is 24.6. The fraction of sp³-hybridized carbons (Fsp3) is 0.609. The van der Waals surface area contributed by atoms with E-state index < -0.39 is 30.1 Å². The molecule has 2 fully saturated rings. The van der Waals surface area contributed by atoms with E-state index in [4.69, 9.17) is 16.6 Å². The van der Waals surface area contributed by atoms with Gasteiger partial charge in [-0.1, -0.05) is 52.0 Å². The number of benzene rings is 1. The molecule has 4 N–H and O–H groups in total.